The van der Waals surface area contributed by atoms with Crippen LogP contribution in [0.4, 0.5) is 10.6 Å². The number of halogens is 1. The lowest BCUT2D eigenvalue weighted by molar-refractivity contribution is 0.218. The maximum Gasteiger partial charge on any atom is 0.316 e. The number of carbonyl (C=O) groups is 1. The fraction of sp³-hybridized carbons (Fsp3) is 0.615. The molecule has 1 rings (SSSR count). The van der Waals surface area contributed by atoms with E-state index in [9.17, 15) is 4.79 Å². The Morgan fingerprint density at radius 1 is 1.30 bits per heavy atom. The van der Waals surface area contributed by atoms with Crippen LogP contribution in [0.15, 0.2) is 0 Å². The molecular weight excluding hydrogens is 278 g/mol. The van der Waals surface area contributed by atoms with Gasteiger partial charge in [0.05, 0.1) is 0 Å². The summed E-state index contributed by atoms with van der Waals surface area (Å²) in [5.41, 5.74) is 0.824. The summed E-state index contributed by atoms with van der Waals surface area (Å²) in [5.74, 6) is 1.47. The van der Waals surface area contributed by atoms with Gasteiger partial charge in [-0.25, -0.2) is 14.8 Å². The summed E-state index contributed by atoms with van der Waals surface area (Å²) in [7, 11) is 3.41. The lowest BCUT2D eigenvalue weighted by Gasteiger charge is -2.14. The van der Waals surface area contributed by atoms with E-state index in [2.05, 4.69) is 27.5 Å². The Hall–Kier alpha value is -1.56. The van der Waals surface area contributed by atoms with E-state index in [1.165, 1.54) is 4.90 Å². The highest BCUT2D eigenvalue weighted by atomic mass is 35.5. The van der Waals surface area contributed by atoms with Crippen LogP contribution < -0.4 is 10.6 Å². The Balaban J connectivity index is 2.56. The molecule has 112 valence electrons. The highest BCUT2D eigenvalue weighted by molar-refractivity contribution is 6.30. The minimum atomic E-state index is -0.115. The number of urea groups is 1. The number of hydrogen-bond donors (Lipinski definition) is 2. The Morgan fingerprint density at radius 3 is 2.60 bits per heavy atom. The maximum atomic E-state index is 11.4. The van der Waals surface area contributed by atoms with E-state index in [-0.39, 0.29) is 6.03 Å². The van der Waals surface area contributed by atoms with Crippen molar-refractivity contribution in [2.24, 2.45) is 0 Å². The molecule has 0 bridgehead atoms. The lowest BCUT2D eigenvalue weighted by atomic mass is 10.3. The number of nitrogens with one attached hydrogen (secondary N) is 2. The van der Waals surface area contributed by atoms with Crippen molar-refractivity contribution < 1.29 is 4.79 Å². The number of aryl methyl sites for hydroxylation is 1. The number of amides is 2. The summed E-state index contributed by atoms with van der Waals surface area (Å²) in [6, 6.07) is -0.115. The molecule has 0 aliphatic heterocycles. The Morgan fingerprint density at radius 2 is 2.00 bits per heavy atom. The summed E-state index contributed by atoms with van der Waals surface area (Å²) < 4.78 is 0. The van der Waals surface area contributed by atoms with E-state index in [4.69, 9.17) is 11.6 Å². The van der Waals surface area contributed by atoms with Crippen LogP contribution in [0.3, 0.4) is 0 Å². The first-order valence-electron chi connectivity index (χ1n) is 6.67. The molecule has 1 aromatic heterocycles. The van der Waals surface area contributed by atoms with Crippen molar-refractivity contribution in [2.45, 2.75) is 26.7 Å². The van der Waals surface area contributed by atoms with Crippen LogP contribution in [0, 0.1) is 6.92 Å². The molecule has 0 aliphatic carbocycles. The molecule has 0 saturated heterocycles. The predicted octanol–water partition coefficient (Wildman–Crippen LogP) is 2.07. The van der Waals surface area contributed by atoms with Gasteiger partial charge in [-0.3, -0.25) is 0 Å². The molecule has 0 aromatic carbocycles. The number of rotatable bonds is 6. The van der Waals surface area contributed by atoms with E-state index in [0.717, 1.165) is 30.0 Å². The van der Waals surface area contributed by atoms with Crippen molar-refractivity contribution >= 4 is 23.4 Å². The Kier molecular flexibility index (Phi) is 6.51. The molecule has 2 N–H and O–H groups in total. The molecule has 0 radical (unpaired) electrons. The van der Waals surface area contributed by atoms with Gasteiger partial charge in [0.1, 0.15) is 16.8 Å². The largest absolute Gasteiger partial charge is 0.368 e. The third-order valence-electron chi connectivity index (χ3n) is 2.71. The average Bonchev–Trinajstić information content (AvgIpc) is 2.39. The molecule has 7 heteroatoms. The molecule has 1 aromatic rings. The van der Waals surface area contributed by atoms with Gasteiger partial charge >= 0.3 is 6.03 Å². The standard InChI is InChI=1S/C13H22ClN5O/c1-5-6-10-17-11(14)9(2)12(18-10)15-7-8-16-13(20)19(3)4/h5-8H2,1-4H3,(H,16,20)(H,15,17,18). The van der Waals surface area contributed by atoms with Crippen molar-refractivity contribution in [3.8, 4) is 0 Å². The van der Waals surface area contributed by atoms with Crippen LogP contribution in [0.5, 0.6) is 0 Å². The summed E-state index contributed by atoms with van der Waals surface area (Å²) >= 11 is 6.09. The van der Waals surface area contributed by atoms with Crippen LogP contribution in [0.2, 0.25) is 5.15 Å². The second-order valence-electron chi connectivity index (χ2n) is 4.71. The zero-order valence-electron chi connectivity index (χ0n) is 12.5. The van der Waals surface area contributed by atoms with Gasteiger partial charge in [0.25, 0.3) is 0 Å². The number of nitrogens with zero attached hydrogens (tertiary/aromatic N) is 3. The number of hydrogen-bond acceptors (Lipinski definition) is 4. The van der Waals surface area contributed by atoms with Crippen molar-refractivity contribution in [1.29, 1.82) is 0 Å². The number of anilines is 1. The summed E-state index contributed by atoms with van der Waals surface area (Å²) in [6.07, 6.45) is 1.77. The molecule has 20 heavy (non-hydrogen) atoms. The van der Waals surface area contributed by atoms with Crippen molar-refractivity contribution in [1.82, 2.24) is 20.2 Å². The molecule has 0 aliphatic rings. The van der Waals surface area contributed by atoms with Gasteiger partial charge in [-0.1, -0.05) is 18.5 Å². The zero-order chi connectivity index (χ0) is 15.1. The molecule has 2 amide bonds. The molecular formula is C13H22ClN5O. The van der Waals surface area contributed by atoms with Gasteiger partial charge in [0.2, 0.25) is 0 Å². The first kappa shape index (κ1) is 16.5. The molecule has 0 saturated carbocycles. The van der Waals surface area contributed by atoms with Gasteiger partial charge < -0.3 is 15.5 Å². The van der Waals surface area contributed by atoms with Gasteiger partial charge in [0.15, 0.2) is 0 Å². The molecule has 0 spiro atoms. The van der Waals surface area contributed by atoms with E-state index < -0.39 is 0 Å². The lowest BCUT2D eigenvalue weighted by Crippen LogP contribution is -2.37. The van der Waals surface area contributed by atoms with Crippen molar-refractivity contribution in [3.05, 3.63) is 16.5 Å². The first-order valence-corrected chi connectivity index (χ1v) is 7.05. The third-order valence-corrected chi connectivity index (χ3v) is 3.07. The Labute approximate surface area is 124 Å². The first-order chi connectivity index (χ1) is 9.45. The SMILES string of the molecule is CCCc1nc(Cl)c(C)c(NCCNC(=O)N(C)C)n1. The zero-order valence-corrected chi connectivity index (χ0v) is 13.2. The van der Waals surface area contributed by atoms with Crippen LogP contribution in [-0.2, 0) is 6.42 Å². The summed E-state index contributed by atoms with van der Waals surface area (Å²) in [4.78, 5) is 21.5. The fourth-order valence-corrected chi connectivity index (χ4v) is 1.74. The minimum absolute atomic E-state index is 0.115. The van der Waals surface area contributed by atoms with E-state index in [0.29, 0.717) is 18.2 Å². The van der Waals surface area contributed by atoms with E-state index >= 15 is 0 Å². The molecule has 0 atom stereocenters. The topological polar surface area (TPSA) is 70.2 Å². The van der Waals surface area contributed by atoms with Crippen LogP contribution in [0.1, 0.15) is 24.7 Å². The highest BCUT2D eigenvalue weighted by Crippen LogP contribution is 2.20. The molecule has 1 heterocycles. The highest BCUT2D eigenvalue weighted by Gasteiger charge is 2.09. The number of aromatic nitrogens is 2. The second kappa shape index (κ2) is 7.89. The fourth-order valence-electron chi connectivity index (χ4n) is 1.55. The van der Waals surface area contributed by atoms with Crippen molar-refractivity contribution in [3.63, 3.8) is 0 Å². The normalized spacial score (nSPS) is 10.2. The quantitative estimate of drug-likeness (QED) is 0.623. The van der Waals surface area contributed by atoms with Crippen molar-refractivity contribution in [2.75, 3.05) is 32.5 Å². The summed E-state index contributed by atoms with van der Waals surface area (Å²) in [5, 5.41) is 6.43. The van der Waals surface area contributed by atoms with Crippen LogP contribution >= 0.6 is 11.6 Å². The predicted molar refractivity (Wildman–Crippen MR) is 81.3 cm³/mol. The van der Waals surface area contributed by atoms with Gasteiger partial charge in [-0.05, 0) is 13.3 Å². The Bertz CT molecular complexity index is 464. The van der Waals surface area contributed by atoms with Crippen LogP contribution in [-0.4, -0.2) is 48.1 Å². The van der Waals surface area contributed by atoms with Gasteiger partial charge in [0, 0.05) is 39.2 Å². The molecule has 6 nitrogen and oxygen atoms in total. The monoisotopic (exact) mass is 299 g/mol. The minimum Gasteiger partial charge on any atom is -0.368 e. The smallest absolute Gasteiger partial charge is 0.316 e. The molecule has 0 fully saturated rings. The van der Waals surface area contributed by atoms with E-state index in [1.54, 1.807) is 14.1 Å². The average molecular weight is 300 g/mol. The van der Waals surface area contributed by atoms with Gasteiger partial charge in [-0.2, -0.15) is 0 Å². The number of carbonyl (C=O) groups excluding carboxylic acids is 1. The van der Waals surface area contributed by atoms with Crippen LogP contribution in [0.25, 0.3) is 0 Å². The second-order valence-corrected chi connectivity index (χ2v) is 5.07. The van der Waals surface area contributed by atoms with Gasteiger partial charge in [-0.15, -0.1) is 0 Å². The summed E-state index contributed by atoms with van der Waals surface area (Å²) in [6.45, 7) is 5.04. The van der Waals surface area contributed by atoms with E-state index in [1.807, 2.05) is 6.92 Å². The third kappa shape index (κ3) is 4.85. The maximum absolute atomic E-state index is 11.4. The molecule has 0 unspecified atom stereocenters.